The summed E-state index contributed by atoms with van der Waals surface area (Å²) >= 11 is 1.65. The molecule has 3 N–H and O–H groups in total. The lowest BCUT2D eigenvalue weighted by molar-refractivity contribution is -0.118. The molecule has 0 saturated carbocycles. The number of nitrogens with one attached hydrogen (secondary N) is 1. The van der Waals surface area contributed by atoms with Crippen molar-refractivity contribution in [2.45, 2.75) is 32.1 Å². The van der Waals surface area contributed by atoms with Gasteiger partial charge in [0.15, 0.2) is 0 Å². The first kappa shape index (κ1) is 16.6. The molecule has 0 saturated heterocycles. The van der Waals surface area contributed by atoms with Crippen LogP contribution in [0, 0.1) is 11.8 Å². The number of carbonyl (C=O) groups is 1. The SMILES string of the molecule is CC(C)(C)SCC(=O)NCc1ccc(C#CCN)cc1. The van der Waals surface area contributed by atoms with Gasteiger partial charge in [0.2, 0.25) is 5.91 Å². The van der Waals surface area contributed by atoms with Gasteiger partial charge in [0.05, 0.1) is 12.3 Å². The van der Waals surface area contributed by atoms with Crippen LogP contribution in [-0.2, 0) is 11.3 Å². The molecular formula is C16H22N2OS. The number of carbonyl (C=O) groups excluding carboxylic acids is 1. The molecule has 0 bridgehead atoms. The van der Waals surface area contributed by atoms with Crippen LogP contribution in [0.4, 0.5) is 0 Å². The molecule has 108 valence electrons. The zero-order valence-corrected chi connectivity index (χ0v) is 13.1. The van der Waals surface area contributed by atoms with E-state index in [4.69, 9.17) is 5.73 Å². The van der Waals surface area contributed by atoms with Gasteiger partial charge in [-0.1, -0.05) is 44.7 Å². The Morgan fingerprint density at radius 3 is 2.50 bits per heavy atom. The van der Waals surface area contributed by atoms with Gasteiger partial charge in [-0.3, -0.25) is 4.79 Å². The van der Waals surface area contributed by atoms with Crippen LogP contribution in [0.1, 0.15) is 31.9 Å². The van der Waals surface area contributed by atoms with Crippen LogP contribution in [-0.4, -0.2) is 23.0 Å². The molecule has 0 atom stereocenters. The predicted molar refractivity (Wildman–Crippen MR) is 86.4 cm³/mol. The highest BCUT2D eigenvalue weighted by molar-refractivity contribution is 8.01. The number of benzene rings is 1. The Balaban J connectivity index is 2.40. The van der Waals surface area contributed by atoms with Crippen molar-refractivity contribution in [3.05, 3.63) is 35.4 Å². The van der Waals surface area contributed by atoms with Crippen LogP contribution in [0.5, 0.6) is 0 Å². The summed E-state index contributed by atoms with van der Waals surface area (Å²) in [5.41, 5.74) is 7.33. The Labute approximate surface area is 125 Å². The topological polar surface area (TPSA) is 55.1 Å². The number of nitrogens with two attached hydrogens (primary N) is 1. The Bertz CT molecular complexity index is 492. The van der Waals surface area contributed by atoms with E-state index in [1.54, 1.807) is 11.8 Å². The molecule has 1 aromatic carbocycles. The van der Waals surface area contributed by atoms with E-state index >= 15 is 0 Å². The maximum absolute atomic E-state index is 11.7. The third-order valence-corrected chi connectivity index (χ3v) is 3.69. The summed E-state index contributed by atoms with van der Waals surface area (Å²) < 4.78 is 0.112. The van der Waals surface area contributed by atoms with E-state index < -0.39 is 0 Å². The van der Waals surface area contributed by atoms with Crippen molar-refractivity contribution in [3.63, 3.8) is 0 Å². The minimum absolute atomic E-state index is 0.0666. The second-order valence-electron chi connectivity index (χ2n) is 5.38. The summed E-state index contributed by atoms with van der Waals surface area (Å²) in [6, 6.07) is 7.82. The van der Waals surface area contributed by atoms with Gasteiger partial charge in [0.1, 0.15) is 0 Å². The molecule has 0 aliphatic heterocycles. The third kappa shape index (κ3) is 7.22. The largest absolute Gasteiger partial charge is 0.351 e. The zero-order valence-electron chi connectivity index (χ0n) is 12.3. The Hall–Kier alpha value is -1.44. The van der Waals surface area contributed by atoms with E-state index in [1.807, 2.05) is 24.3 Å². The average Bonchev–Trinajstić information content (AvgIpc) is 2.41. The molecular weight excluding hydrogens is 268 g/mol. The lowest BCUT2D eigenvalue weighted by Crippen LogP contribution is -2.26. The molecule has 0 fully saturated rings. The Morgan fingerprint density at radius 2 is 1.95 bits per heavy atom. The molecule has 0 unspecified atom stereocenters. The van der Waals surface area contributed by atoms with E-state index in [9.17, 15) is 4.79 Å². The highest BCUT2D eigenvalue weighted by Gasteiger charge is 2.12. The molecule has 1 aromatic rings. The fourth-order valence-electron chi connectivity index (χ4n) is 1.39. The molecule has 0 aliphatic carbocycles. The van der Waals surface area contributed by atoms with Crippen molar-refractivity contribution < 1.29 is 4.79 Å². The minimum Gasteiger partial charge on any atom is -0.351 e. The van der Waals surface area contributed by atoms with Gasteiger partial charge < -0.3 is 11.1 Å². The third-order valence-electron chi connectivity index (χ3n) is 2.41. The summed E-state index contributed by atoms with van der Waals surface area (Å²) in [4.78, 5) is 11.7. The van der Waals surface area contributed by atoms with E-state index in [-0.39, 0.29) is 10.7 Å². The van der Waals surface area contributed by atoms with Gasteiger partial charge in [-0.15, -0.1) is 11.8 Å². The van der Waals surface area contributed by atoms with Crippen molar-refractivity contribution in [1.82, 2.24) is 5.32 Å². The molecule has 1 rings (SSSR count). The Morgan fingerprint density at radius 1 is 1.30 bits per heavy atom. The van der Waals surface area contributed by atoms with Gasteiger partial charge in [0, 0.05) is 16.9 Å². The van der Waals surface area contributed by atoms with Crippen molar-refractivity contribution in [2.24, 2.45) is 5.73 Å². The minimum atomic E-state index is 0.0666. The summed E-state index contributed by atoms with van der Waals surface area (Å²) in [7, 11) is 0. The second kappa shape index (κ2) is 7.98. The first-order chi connectivity index (χ1) is 9.40. The molecule has 0 aromatic heterocycles. The van der Waals surface area contributed by atoms with Crippen molar-refractivity contribution in [2.75, 3.05) is 12.3 Å². The number of hydrogen-bond donors (Lipinski definition) is 2. The van der Waals surface area contributed by atoms with Gasteiger partial charge in [-0.2, -0.15) is 0 Å². The first-order valence-electron chi connectivity index (χ1n) is 6.59. The lowest BCUT2D eigenvalue weighted by Gasteiger charge is -2.16. The molecule has 1 amide bonds. The van der Waals surface area contributed by atoms with Crippen LogP contribution in [0.15, 0.2) is 24.3 Å². The van der Waals surface area contributed by atoms with Crippen LogP contribution in [0.3, 0.4) is 0 Å². The number of amides is 1. The van der Waals surface area contributed by atoms with E-state index in [1.165, 1.54) is 0 Å². The number of rotatable bonds is 4. The van der Waals surface area contributed by atoms with Crippen molar-refractivity contribution >= 4 is 17.7 Å². The summed E-state index contributed by atoms with van der Waals surface area (Å²) in [5.74, 6) is 6.33. The van der Waals surface area contributed by atoms with E-state index in [2.05, 4.69) is 37.9 Å². The van der Waals surface area contributed by atoms with Gasteiger partial charge in [0.25, 0.3) is 0 Å². The average molecular weight is 290 g/mol. The normalized spacial score (nSPS) is 10.6. The number of hydrogen-bond acceptors (Lipinski definition) is 3. The van der Waals surface area contributed by atoms with Crippen LogP contribution < -0.4 is 11.1 Å². The summed E-state index contributed by atoms with van der Waals surface area (Å²) in [5, 5.41) is 2.92. The first-order valence-corrected chi connectivity index (χ1v) is 7.58. The van der Waals surface area contributed by atoms with Gasteiger partial charge in [-0.05, 0) is 17.7 Å². The highest BCUT2D eigenvalue weighted by atomic mass is 32.2. The van der Waals surface area contributed by atoms with Crippen molar-refractivity contribution in [1.29, 1.82) is 0 Å². The molecule has 20 heavy (non-hydrogen) atoms. The van der Waals surface area contributed by atoms with Gasteiger partial charge in [-0.25, -0.2) is 0 Å². The summed E-state index contributed by atoms with van der Waals surface area (Å²) in [6.07, 6.45) is 0. The van der Waals surface area contributed by atoms with Crippen LogP contribution >= 0.6 is 11.8 Å². The second-order valence-corrected chi connectivity index (χ2v) is 7.18. The predicted octanol–water partition coefficient (Wildman–Crippen LogP) is 2.14. The lowest BCUT2D eigenvalue weighted by atomic mass is 10.1. The van der Waals surface area contributed by atoms with E-state index in [0.29, 0.717) is 18.8 Å². The molecule has 4 heteroatoms. The highest BCUT2D eigenvalue weighted by Crippen LogP contribution is 2.22. The maximum Gasteiger partial charge on any atom is 0.230 e. The molecule has 0 aliphatic rings. The molecule has 0 heterocycles. The fourth-order valence-corrected chi connectivity index (χ4v) is 2.06. The standard InChI is InChI=1S/C16H22N2OS/c1-16(2,3)20-12-15(19)18-11-14-8-6-13(7-9-14)5-4-10-17/h6-9H,10-12,17H2,1-3H3,(H,18,19). The Kier molecular flexibility index (Phi) is 6.63. The molecule has 3 nitrogen and oxygen atoms in total. The van der Waals surface area contributed by atoms with Crippen LogP contribution in [0.2, 0.25) is 0 Å². The monoisotopic (exact) mass is 290 g/mol. The van der Waals surface area contributed by atoms with Crippen molar-refractivity contribution in [3.8, 4) is 11.8 Å². The fraction of sp³-hybridized carbons (Fsp3) is 0.438. The molecule has 0 spiro atoms. The van der Waals surface area contributed by atoms with Gasteiger partial charge >= 0.3 is 0 Å². The maximum atomic E-state index is 11.7. The van der Waals surface area contributed by atoms with E-state index in [0.717, 1.165) is 11.1 Å². The smallest absolute Gasteiger partial charge is 0.230 e. The molecule has 0 radical (unpaired) electrons. The number of thioether (sulfide) groups is 1. The summed E-state index contributed by atoms with van der Waals surface area (Å²) in [6.45, 7) is 7.22. The quantitative estimate of drug-likeness (QED) is 0.835. The zero-order chi connectivity index (χ0) is 15.0. The van der Waals surface area contributed by atoms with Crippen LogP contribution in [0.25, 0.3) is 0 Å².